The Labute approximate surface area is 176 Å². The second kappa shape index (κ2) is 11.3. The van der Waals surface area contributed by atoms with E-state index in [1.807, 2.05) is 25.1 Å². The molecule has 7 nitrogen and oxygen atoms in total. The first kappa shape index (κ1) is 22.5. The lowest BCUT2D eigenvalue weighted by atomic mass is 10.1. The molecule has 0 fully saturated rings. The van der Waals surface area contributed by atoms with E-state index in [4.69, 9.17) is 9.47 Å². The van der Waals surface area contributed by atoms with Crippen LogP contribution in [0.5, 0.6) is 11.5 Å². The molecule has 0 aliphatic heterocycles. The molecule has 0 saturated heterocycles. The maximum atomic E-state index is 12.5. The number of methoxy groups -OCH3 is 1. The Bertz CT molecular complexity index is 959. The molecule has 30 heavy (non-hydrogen) atoms. The highest BCUT2D eigenvalue weighted by atomic mass is 16.5. The van der Waals surface area contributed by atoms with Gasteiger partial charge in [0.05, 0.1) is 7.11 Å². The van der Waals surface area contributed by atoms with Gasteiger partial charge in [0.15, 0.2) is 18.1 Å². The van der Waals surface area contributed by atoms with Crippen molar-refractivity contribution in [3.8, 4) is 17.6 Å². The average Bonchev–Trinajstić information content (AvgIpc) is 2.76. The van der Waals surface area contributed by atoms with Crippen molar-refractivity contribution in [2.24, 2.45) is 0 Å². The Hall–Kier alpha value is -3.79. The summed E-state index contributed by atoms with van der Waals surface area (Å²) in [6, 6.07) is 14.3. The highest BCUT2D eigenvalue weighted by Crippen LogP contribution is 2.29. The molecule has 2 rings (SSSR count). The Morgan fingerprint density at radius 1 is 1.10 bits per heavy atom. The molecule has 0 unspecified atom stereocenters. The molecule has 2 aromatic rings. The van der Waals surface area contributed by atoms with Crippen LogP contribution in [0.25, 0.3) is 6.08 Å². The molecule has 0 radical (unpaired) electrons. The van der Waals surface area contributed by atoms with Crippen LogP contribution in [0.4, 0.5) is 5.69 Å². The second-order valence-corrected chi connectivity index (χ2v) is 6.33. The lowest BCUT2D eigenvalue weighted by Gasteiger charge is -2.11. The first-order chi connectivity index (χ1) is 14.5. The van der Waals surface area contributed by atoms with Crippen molar-refractivity contribution >= 4 is 23.6 Å². The van der Waals surface area contributed by atoms with Crippen LogP contribution < -0.4 is 20.1 Å². The topological polar surface area (TPSA) is 100 Å². The smallest absolute Gasteiger partial charge is 0.266 e. The quantitative estimate of drug-likeness (QED) is 0.491. The number of anilines is 1. The Morgan fingerprint density at radius 3 is 2.43 bits per heavy atom. The van der Waals surface area contributed by atoms with Crippen molar-refractivity contribution in [1.82, 2.24) is 5.32 Å². The Morgan fingerprint density at radius 2 is 1.83 bits per heavy atom. The van der Waals surface area contributed by atoms with E-state index in [9.17, 15) is 14.9 Å². The fourth-order valence-corrected chi connectivity index (χ4v) is 2.62. The predicted molar refractivity (Wildman–Crippen MR) is 115 cm³/mol. The lowest BCUT2D eigenvalue weighted by molar-refractivity contribution is -0.123. The molecule has 0 aliphatic carbocycles. The standard InChI is InChI=1S/C23H25N3O4/c1-4-16-6-9-19(10-7-16)26-23(28)18(14-24)12-17-8-11-20(21(13-17)29-3)30-15-22(27)25-5-2/h6-13H,4-5,15H2,1-3H3,(H,25,27)(H,26,28)/b18-12+. The third-order valence-corrected chi connectivity index (χ3v) is 4.22. The molecule has 156 valence electrons. The zero-order valence-corrected chi connectivity index (χ0v) is 17.3. The molecule has 0 bridgehead atoms. The first-order valence-electron chi connectivity index (χ1n) is 9.60. The third kappa shape index (κ3) is 6.38. The number of nitriles is 1. The minimum Gasteiger partial charge on any atom is -0.493 e. The van der Waals surface area contributed by atoms with E-state index in [0.29, 0.717) is 29.3 Å². The Kier molecular flexibility index (Phi) is 8.45. The maximum absolute atomic E-state index is 12.5. The van der Waals surface area contributed by atoms with Crippen molar-refractivity contribution in [3.63, 3.8) is 0 Å². The summed E-state index contributed by atoms with van der Waals surface area (Å²) in [5, 5.41) is 14.8. The highest BCUT2D eigenvalue weighted by molar-refractivity contribution is 6.09. The first-order valence-corrected chi connectivity index (χ1v) is 9.60. The van der Waals surface area contributed by atoms with Gasteiger partial charge in [-0.3, -0.25) is 9.59 Å². The molecular formula is C23H25N3O4. The number of benzene rings is 2. The SMILES string of the molecule is CCNC(=O)COc1ccc(/C=C(\C#N)C(=O)Nc2ccc(CC)cc2)cc1OC. The number of carbonyl (C=O) groups is 2. The van der Waals surface area contributed by atoms with E-state index >= 15 is 0 Å². The highest BCUT2D eigenvalue weighted by Gasteiger charge is 2.12. The van der Waals surface area contributed by atoms with E-state index in [2.05, 4.69) is 17.6 Å². The van der Waals surface area contributed by atoms with E-state index in [1.54, 1.807) is 30.3 Å². The van der Waals surface area contributed by atoms with E-state index in [0.717, 1.165) is 12.0 Å². The van der Waals surface area contributed by atoms with Crippen LogP contribution in [0.3, 0.4) is 0 Å². The van der Waals surface area contributed by atoms with Crippen LogP contribution in [0, 0.1) is 11.3 Å². The number of rotatable bonds is 9. The number of aryl methyl sites for hydroxylation is 1. The monoisotopic (exact) mass is 407 g/mol. The number of likely N-dealkylation sites (N-methyl/N-ethyl adjacent to an activating group) is 1. The van der Waals surface area contributed by atoms with Gasteiger partial charge in [0, 0.05) is 12.2 Å². The van der Waals surface area contributed by atoms with E-state index in [1.165, 1.54) is 13.2 Å². The van der Waals surface area contributed by atoms with Crippen molar-refractivity contribution in [2.75, 3.05) is 25.6 Å². The number of nitrogens with zero attached hydrogens (tertiary/aromatic N) is 1. The normalized spacial score (nSPS) is 10.7. The molecule has 0 saturated carbocycles. The van der Waals surface area contributed by atoms with Crippen LogP contribution in [0.1, 0.15) is 25.0 Å². The van der Waals surface area contributed by atoms with Gasteiger partial charge in [-0.2, -0.15) is 5.26 Å². The third-order valence-electron chi connectivity index (χ3n) is 4.22. The average molecular weight is 407 g/mol. The summed E-state index contributed by atoms with van der Waals surface area (Å²) < 4.78 is 10.8. The molecule has 0 atom stereocenters. The number of carbonyl (C=O) groups excluding carboxylic acids is 2. The van der Waals surface area contributed by atoms with Crippen molar-refractivity contribution in [1.29, 1.82) is 5.26 Å². The molecule has 7 heteroatoms. The Balaban J connectivity index is 2.14. The summed E-state index contributed by atoms with van der Waals surface area (Å²) >= 11 is 0. The van der Waals surface area contributed by atoms with Gasteiger partial charge < -0.3 is 20.1 Å². The summed E-state index contributed by atoms with van der Waals surface area (Å²) in [6.45, 7) is 4.25. The maximum Gasteiger partial charge on any atom is 0.266 e. The van der Waals surface area contributed by atoms with Gasteiger partial charge in [-0.15, -0.1) is 0 Å². The second-order valence-electron chi connectivity index (χ2n) is 6.33. The summed E-state index contributed by atoms with van der Waals surface area (Å²) in [7, 11) is 1.47. The van der Waals surface area contributed by atoms with E-state index in [-0.39, 0.29) is 18.1 Å². The van der Waals surface area contributed by atoms with E-state index < -0.39 is 5.91 Å². The number of nitrogens with one attached hydrogen (secondary N) is 2. The fraction of sp³-hybridized carbons (Fsp3) is 0.261. The summed E-state index contributed by atoms with van der Waals surface area (Å²) in [5.74, 6) is 0.0389. The van der Waals surface area contributed by atoms with Crippen molar-refractivity contribution in [3.05, 3.63) is 59.2 Å². The number of amides is 2. The minimum atomic E-state index is -0.503. The van der Waals surface area contributed by atoms with Gasteiger partial charge >= 0.3 is 0 Å². The van der Waals surface area contributed by atoms with Crippen molar-refractivity contribution in [2.45, 2.75) is 20.3 Å². The molecule has 0 aromatic heterocycles. The van der Waals surface area contributed by atoms with Gasteiger partial charge in [0.1, 0.15) is 11.6 Å². The minimum absolute atomic E-state index is 0.0485. The number of hydrogen-bond acceptors (Lipinski definition) is 5. The van der Waals surface area contributed by atoms with Crippen LogP contribution in [-0.4, -0.2) is 32.1 Å². The van der Waals surface area contributed by atoms with Gasteiger partial charge in [-0.1, -0.05) is 25.1 Å². The summed E-state index contributed by atoms with van der Waals surface area (Å²) in [6.07, 6.45) is 2.37. The van der Waals surface area contributed by atoms with Gasteiger partial charge in [0.25, 0.3) is 11.8 Å². The molecule has 0 spiro atoms. The molecule has 2 N–H and O–H groups in total. The van der Waals surface area contributed by atoms with Crippen LogP contribution in [-0.2, 0) is 16.0 Å². The van der Waals surface area contributed by atoms with Crippen LogP contribution in [0.15, 0.2) is 48.0 Å². The zero-order chi connectivity index (χ0) is 21.9. The summed E-state index contributed by atoms with van der Waals surface area (Å²) in [4.78, 5) is 24.0. The van der Waals surface area contributed by atoms with Gasteiger partial charge in [-0.05, 0) is 54.8 Å². The number of ether oxygens (including phenoxy) is 2. The van der Waals surface area contributed by atoms with Crippen LogP contribution in [0.2, 0.25) is 0 Å². The summed E-state index contributed by atoms with van der Waals surface area (Å²) in [5.41, 5.74) is 2.31. The van der Waals surface area contributed by atoms with Crippen molar-refractivity contribution < 1.29 is 19.1 Å². The predicted octanol–water partition coefficient (Wildman–Crippen LogP) is 3.32. The van der Waals surface area contributed by atoms with Crippen LogP contribution >= 0.6 is 0 Å². The molecule has 0 aliphatic rings. The van der Waals surface area contributed by atoms with Gasteiger partial charge in [-0.25, -0.2) is 0 Å². The largest absolute Gasteiger partial charge is 0.493 e. The molecule has 0 heterocycles. The lowest BCUT2D eigenvalue weighted by Crippen LogP contribution is -2.28. The fourth-order valence-electron chi connectivity index (χ4n) is 2.62. The molecule has 2 amide bonds. The molecular weight excluding hydrogens is 382 g/mol. The molecule has 2 aromatic carbocycles. The zero-order valence-electron chi connectivity index (χ0n) is 17.3. The van der Waals surface area contributed by atoms with Gasteiger partial charge in [0.2, 0.25) is 0 Å². The number of hydrogen-bond donors (Lipinski definition) is 2.